The van der Waals surface area contributed by atoms with Crippen LogP contribution in [0.3, 0.4) is 0 Å². The van der Waals surface area contributed by atoms with Gasteiger partial charge in [0.15, 0.2) is 5.82 Å². The van der Waals surface area contributed by atoms with Gasteiger partial charge in [-0.15, -0.1) is 0 Å². The third kappa shape index (κ3) is 8.50. The van der Waals surface area contributed by atoms with Gasteiger partial charge in [-0.2, -0.15) is 0 Å². The molecular formula is C52H59F2N11O5. The Bertz CT molecular complexity index is 3200. The van der Waals surface area contributed by atoms with Crippen LogP contribution in [-0.2, 0) is 23.7 Å². The van der Waals surface area contributed by atoms with Gasteiger partial charge in [0.05, 0.1) is 28.6 Å². The van der Waals surface area contributed by atoms with Crippen LogP contribution in [0, 0.1) is 24.5 Å². The van der Waals surface area contributed by atoms with Crippen LogP contribution in [0.5, 0.6) is 0 Å². The van der Waals surface area contributed by atoms with Gasteiger partial charge in [-0.3, -0.25) is 48.0 Å². The first kappa shape index (κ1) is 46.8. The zero-order chi connectivity index (χ0) is 49.1. The molecule has 366 valence electrons. The highest BCUT2D eigenvalue weighted by Gasteiger charge is 2.33. The van der Waals surface area contributed by atoms with E-state index < -0.39 is 17.8 Å². The maximum atomic E-state index is 16.1. The molecule has 0 aliphatic carbocycles. The largest absolute Gasteiger partial charge is 0.386 e. The number of aryl methyl sites for hydroxylation is 3. The Morgan fingerprint density at radius 2 is 1.64 bits per heavy atom. The number of hydrogen-bond donors (Lipinski definition) is 2. The normalized spacial score (nSPS) is 19.2. The van der Waals surface area contributed by atoms with Crippen LogP contribution in [0.15, 0.2) is 76.6 Å². The van der Waals surface area contributed by atoms with Crippen LogP contribution in [0.25, 0.3) is 33.3 Å². The van der Waals surface area contributed by atoms with Crippen LogP contribution in [0.2, 0.25) is 0 Å². The smallest absolute Gasteiger partial charge is 0.329 e. The molecule has 8 heterocycles. The van der Waals surface area contributed by atoms with E-state index in [0.29, 0.717) is 66.5 Å². The third-order valence-corrected chi connectivity index (χ3v) is 15.3. The quantitative estimate of drug-likeness (QED) is 0.168. The molecule has 1 unspecified atom stereocenters. The fourth-order valence-corrected chi connectivity index (χ4v) is 11.3. The van der Waals surface area contributed by atoms with Crippen LogP contribution in [0.4, 0.5) is 20.2 Å². The summed E-state index contributed by atoms with van der Waals surface area (Å²) in [6, 6.07) is 13.3. The Kier molecular flexibility index (Phi) is 12.5. The van der Waals surface area contributed by atoms with Gasteiger partial charge in [0, 0.05) is 133 Å². The number of hydrogen-bond acceptors (Lipinski definition) is 10. The summed E-state index contributed by atoms with van der Waals surface area (Å²) in [5, 5.41) is 5.83. The number of benzene rings is 2. The second kappa shape index (κ2) is 18.8. The van der Waals surface area contributed by atoms with Crippen LogP contribution in [0.1, 0.15) is 78.3 Å². The van der Waals surface area contributed by atoms with Crippen molar-refractivity contribution in [3.63, 3.8) is 0 Å². The topological polar surface area (TPSA) is 155 Å². The Balaban J connectivity index is 0.734. The molecule has 2 aromatic carbocycles. The number of fused-ring (bicyclic) bond motifs is 2. The second-order valence-electron chi connectivity index (χ2n) is 19.4. The molecule has 16 nitrogen and oxygen atoms in total. The molecule has 4 aliphatic heterocycles. The molecule has 4 aromatic heterocycles. The predicted octanol–water partition coefficient (Wildman–Crippen LogP) is 5.51. The van der Waals surface area contributed by atoms with Crippen LogP contribution < -0.4 is 26.8 Å². The maximum Gasteiger partial charge on any atom is 0.329 e. The number of imidazole rings is 1. The van der Waals surface area contributed by atoms with Crippen molar-refractivity contribution in [1.29, 1.82) is 0 Å². The number of imide groups is 1. The average molecular weight is 956 g/mol. The lowest BCUT2D eigenvalue weighted by molar-refractivity contribution is -0.135. The number of piperazine rings is 1. The zero-order valence-electron chi connectivity index (χ0n) is 40.3. The van der Waals surface area contributed by atoms with Crippen molar-refractivity contribution in [2.75, 3.05) is 76.2 Å². The van der Waals surface area contributed by atoms with Gasteiger partial charge in [0.1, 0.15) is 17.5 Å². The first-order chi connectivity index (χ1) is 33.7. The number of nitrogens with one attached hydrogen (secondary N) is 2. The van der Waals surface area contributed by atoms with Crippen LogP contribution >= 0.6 is 0 Å². The van der Waals surface area contributed by atoms with E-state index >= 15 is 4.39 Å². The van der Waals surface area contributed by atoms with Crippen LogP contribution in [-0.4, -0.2) is 122 Å². The standard InChI is InChI=1S/C52H59F2N11O5/c1-31-24-35(25-38(53)48(31)34-13-18-61(19-14-34)32(2)44-27-37-41(10-15-56-49(37)58(44)4)64-30-39(54)40(55-3)28-47(64)67)51(69)63-16-11-33(12-17-63)29-60-20-22-62(23-21-60)36-6-7-42-45(26-36)65(52(70)59(42)5)43-8-9-46(66)57-50(43)68/h6-7,10,13,15,24-28,30,32-33,43,55H,8-9,11-12,14,16-23,29H2,1-5H3,(H,57,66,68)/t32-,43?/m0/s1. The Morgan fingerprint density at radius 1 is 0.871 bits per heavy atom. The Morgan fingerprint density at radius 3 is 2.34 bits per heavy atom. The molecule has 0 saturated carbocycles. The van der Waals surface area contributed by atoms with Gasteiger partial charge in [-0.25, -0.2) is 18.6 Å². The van der Waals surface area contributed by atoms with Gasteiger partial charge < -0.3 is 19.7 Å². The molecule has 4 aliphatic rings. The van der Waals surface area contributed by atoms with Crippen molar-refractivity contribution in [2.24, 2.45) is 20.0 Å². The van der Waals surface area contributed by atoms with E-state index in [9.17, 15) is 28.4 Å². The van der Waals surface area contributed by atoms with Crippen molar-refractivity contribution in [3.05, 3.63) is 122 Å². The molecule has 6 aromatic rings. The molecule has 70 heavy (non-hydrogen) atoms. The summed E-state index contributed by atoms with van der Waals surface area (Å²) in [5.74, 6) is -1.40. The van der Waals surface area contributed by atoms with Crippen molar-refractivity contribution >= 4 is 56.7 Å². The first-order valence-corrected chi connectivity index (χ1v) is 24.3. The Labute approximate surface area is 403 Å². The van der Waals surface area contributed by atoms with E-state index in [-0.39, 0.29) is 53.5 Å². The number of likely N-dealkylation sites (tertiary alicyclic amines) is 1. The van der Waals surface area contributed by atoms with Crippen molar-refractivity contribution in [1.82, 2.24) is 43.3 Å². The van der Waals surface area contributed by atoms with E-state index in [2.05, 4.69) is 43.3 Å². The van der Waals surface area contributed by atoms with E-state index in [4.69, 9.17) is 0 Å². The fourth-order valence-electron chi connectivity index (χ4n) is 11.3. The SMILES string of the molecule is CNc1cc(=O)n(-c2ccnc3c2cc([C@H](C)N2CC=C(c4c(C)cc(C(=O)N5CCC(CN6CCN(c7ccc8c(c7)n(C7CCC(=O)NC7=O)c(=O)n8C)CC6)CC5)cc4F)CC2)n3C)cc1F. The number of halogens is 2. The Hall–Kier alpha value is -6.92. The van der Waals surface area contributed by atoms with Crippen molar-refractivity contribution < 1.29 is 23.2 Å². The van der Waals surface area contributed by atoms with E-state index in [1.54, 1.807) is 30.9 Å². The number of rotatable bonds is 10. The second-order valence-corrected chi connectivity index (χ2v) is 19.4. The summed E-state index contributed by atoms with van der Waals surface area (Å²) < 4.78 is 37.3. The summed E-state index contributed by atoms with van der Waals surface area (Å²) in [6.07, 6.45) is 7.73. The number of carbonyl (C=O) groups is 3. The highest BCUT2D eigenvalue weighted by Crippen LogP contribution is 2.35. The highest BCUT2D eigenvalue weighted by molar-refractivity contribution is 6.00. The molecule has 0 bridgehead atoms. The number of anilines is 2. The molecule has 2 atom stereocenters. The van der Waals surface area contributed by atoms with E-state index in [1.165, 1.54) is 27.5 Å². The summed E-state index contributed by atoms with van der Waals surface area (Å²) in [5.41, 5.74) is 6.65. The number of piperidine rings is 2. The van der Waals surface area contributed by atoms with Gasteiger partial charge in [-0.1, -0.05) is 6.08 Å². The number of pyridine rings is 2. The molecule has 18 heteroatoms. The van der Waals surface area contributed by atoms with Gasteiger partial charge in [0.2, 0.25) is 11.8 Å². The summed E-state index contributed by atoms with van der Waals surface area (Å²) in [7, 11) is 5.20. The fraction of sp³-hybridized carbons (Fsp3) is 0.423. The lowest BCUT2D eigenvalue weighted by Gasteiger charge is -2.39. The van der Waals surface area contributed by atoms with E-state index in [1.807, 2.05) is 53.8 Å². The molecule has 10 rings (SSSR count). The minimum absolute atomic E-state index is 0.0493. The zero-order valence-corrected chi connectivity index (χ0v) is 40.3. The molecule has 0 radical (unpaired) electrons. The first-order valence-electron chi connectivity index (χ1n) is 24.3. The number of aromatic nitrogens is 5. The van der Waals surface area contributed by atoms with Crippen molar-refractivity contribution in [3.8, 4) is 5.69 Å². The average Bonchev–Trinajstić information content (AvgIpc) is 3.83. The minimum atomic E-state index is -0.734. The maximum absolute atomic E-state index is 16.1. The minimum Gasteiger partial charge on any atom is -0.386 e. The lowest BCUT2D eigenvalue weighted by Crippen LogP contribution is -2.49. The summed E-state index contributed by atoms with van der Waals surface area (Å²) in [6.45, 7) is 10.8. The summed E-state index contributed by atoms with van der Waals surface area (Å²) in [4.78, 5) is 78.2. The summed E-state index contributed by atoms with van der Waals surface area (Å²) >= 11 is 0. The lowest BCUT2D eigenvalue weighted by atomic mass is 9.92. The van der Waals surface area contributed by atoms with Gasteiger partial charge >= 0.3 is 5.69 Å². The van der Waals surface area contributed by atoms with Crippen molar-refractivity contribution in [2.45, 2.75) is 58.0 Å². The molecule has 3 amide bonds. The molecular weight excluding hydrogens is 897 g/mol. The number of amides is 3. The molecule has 3 saturated heterocycles. The molecule has 0 spiro atoms. The monoisotopic (exact) mass is 955 g/mol. The van der Waals surface area contributed by atoms with Gasteiger partial charge in [-0.05, 0) is 99.0 Å². The van der Waals surface area contributed by atoms with Gasteiger partial charge in [0.25, 0.3) is 11.5 Å². The van der Waals surface area contributed by atoms with E-state index in [0.717, 1.165) is 79.0 Å². The molecule has 2 N–H and O–H groups in total. The third-order valence-electron chi connectivity index (χ3n) is 15.3. The molecule has 3 fully saturated rings. The number of nitrogens with zero attached hydrogens (tertiary/aromatic N) is 9. The predicted molar refractivity (Wildman–Crippen MR) is 265 cm³/mol. The highest BCUT2D eigenvalue weighted by atomic mass is 19.1. The number of carbonyl (C=O) groups excluding carboxylic acids is 3.